The molecule has 0 bridgehead atoms. The Hall–Kier alpha value is -1.63. The van der Waals surface area contributed by atoms with Gasteiger partial charge in [-0.15, -0.1) is 0 Å². The third kappa shape index (κ3) is 3.97. The zero-order valence-electron chi connectivity index (χ0n) is 13.2. The molecule has 6 nitrogen and oxygen atoms in total. The molecule has 0 atom stereocenters. The van der Waals surface area contributed by atoms with E-state index in [-0.39, 0.29) is 17.8 Å². The number of esters is 1. The lowest BCUT2D eigenvalue weighted by atomic mass is 9.97. The van der Waals surface area contributed by atoms with Gasteiger partial charge in [0.1, 0.15) is 5.69 Å². The van der Waals surface area contributed by atoms with Crippen molar-refractivity contribution < 1.29 is 14.3 Å². The molecule has 1 aromatic heterocycles. The van der Waals surface area contributed by atoms with Crippen LogP contribution >= 0.6 is 11.8 Å². The molecule has 1 amide bonds. The maximum atomic E-state index is 12.5. The van der Waals surface area contributed by atoms with Crippen LogP contribution in [0.5, 0.6) is 0 Å². The van der Waals surface area contributed by atoms with Crippen molar-refractivity contribution in [3.8, 4) is 0 Å². The molecule has 0 aromatic carbocycles. The summed E-state index contributed by atoms with van der Waals surface area (Å²) in [5.74, 6) is -0.349. The van der Waals surface area contributed by atoms with Gasteiger partial charge in [0.25, 0.3) is 5.91 Å². The van der Waals surface area contributed by atoms with E-state index in [9.17, 15) is 9.59 Å². The van der Waals surface area contributed by atoms with Gasteiger partial charge in [0.15, 0.2) is 5.16 Å². The summed E-state index contributed by atoms with van der Waals surface area (Å²) in [6, 6.07) is 1.71. The Balaban J connectivity index is 2.00. The van der Waals surface area contributed by atoms with E-state index in [1.807, 2.05) is 13.2 Å². The average Bonchev–Trinajstić information content (AvgIpc) is 2.54. The SMILES string of the molecule is CCOC(=O)C1CCN(C(=O)c2cc(C)nc(SC)n2)CC1. The summed E-state index contributed by atoms with van der Waals surface area (Å²) in [5.41, 5.74) is 1.20. The van der Waals surface area contributed by atoms with E-state index in [1.165, 1.54) is 11.8 Å². The number of rotatable bonds is 4. The van der Waals surface area contributed by atoms with Crippen molar-refractivity contribution >= 4 is 23.6 Å². The number of amides is 1. The van der Waals surface area contributed by atoms with Crippen LogP contribution in [-0.2, 0) is 9.53 Å². The Morgan fingerprint density at radius 1 is 1.36 bits per heavy atom. The maximum absolute atomic E-state index is 12.5. The van der Waals surface area contributed by atoms with Gasteiger partial charge in [-0.25, -0.2) is 9.97 Å². The number of thioether (sulfide) groups is 1. The van der Waals surface area contributed by atoms with Gasteiger partial charge in [0.2, 0.25) is 0 Å². The normalized spacial score (nSPS) is 15.7. The Morgan fingerprint density at radius 3 is 2.64 bits per heavy atom. The third-order valence-electron chi connectivity index (χ3n) is 3.64. The molecule has 0 spiro atoms. The third-order valence-corrected chi connectivity index (χ3v) is 4.19. The molecule has 1 aliphatic heterocycles. The van der Waals surface area contributed by atoms with Crippen molar-refractivity contribution in [3.63, 3.8) is 0 Å². The number of ether oxygens (including phenoxy) is 1. The highest BCUT2D eigenvalue weighted by Crippen LogP contribution is 2.20. The van der Waals surface area contributed by atoms with Crippen LogP contribution in [0.4, 0.5) is 0 Å². The van der Waals surface area contributed by atoms with Gasteiger partial charge in [0.05, 0.1) is 12.5 Å². The second-order valence-corrected chi connectivity index (χ2v) is 5.97. The second kappa shape index (κ2) is 7.58. The van der Waals surface area contributed by atoms with E-state index in [4.69, 9.17) is 4.74 Å². The molecule has 1 aliphatic rings. The predicted molar refractivity (Wildman–Crippen MR) is 83.8 cm³/mol. The standard InChI is InChI=1S/C15H21N3O3S/c1-4-21-14(20)11-5-7-18(8-6-11)13(19)12-9-10(2)16-15(17-12)22-3/h9,11H,4-8H2,1-3H3. The molecule has 120 valence electrons. The van der Waals surface area contributed by atoms with Crippen LogP contribution in [0.1, 0.15) is 35.9 Å². The van der Waals surface area contributed by atoms with Gasteiger partial charge in [-0.3, -0.25) is 9.59 Å². The number of nitrogens with zero attached hydrogens (tertiary/aromatic N) is 3. The number of carbonyl (C=O) groups is 2. The Kier molecular flexibility index (Phi) is 5.76. The lowest BCUT2D eigenvalue weighted by Crippen LogP contribution is -2.41. The topological polar surface area (TPSA) is 72.4 Å². The minimum Gasteiger partial charge on any atom is -0.466 e. The summed E-state index contributed by atoms with van der Waals surface area (Å²) >= 11 is 1.42. The van der Waals surface area contributed by atoms with Gasteiger partial charge in [-0.05, 0) is 39.0 Å². The summed E-state index contributed by atoms with van der Waals surface area (Å²) in [7, 11) is 0. The smallest absolute Gasteiger partial charge is 0.309 e. The molecule has 0 N–H and O–H groups in total. The second-order valence-electron chi connectivity index (χ2n) is 5.20. The summed E-state index contributed by atoms with van der Waals surface area (Å²) in [4.78, 5) is 34.5. The molecule has 22 heavy (non-hydrogen) atoms. The number of aromatic nitrogens is 2. The van der Waals surface area contributed by atoms with Gasteiger partial charge in [-0.2, -0.15) is 0 Å². The molecular formula is C15H21N3O3S. The van der Waals surface area contributed by atoms with Crippen LogP contribution in [-0.4, -0.2) is 52.7 Å². The van der Waals surface area contributed by atoms with Crippen molar-refractivity contribution in [3.05, 3.63) is 17.5 Å². The molecule has 0 unspecified atom stereocenters. The first-order valence-corrected chi connectivity index (χ1v) is 8.63. The number of aryl methyl sites for hydroxylation is 1. The largest absolute Gasteiger partial charge is 0.466 e. The molecule has 1 saturated heterocycles. The number of carbonyl (C=O) groups excluding carboxylic acids is 2. The molecular weight excluding hydrogens is 302 g/mol. The van der Waals surface area contributed by atoms with Gasteiger partial charge in [0, 0.05) is 18.8 Å². The summed E-state index contributed by atoms with van der Waals surface area (Å²) < 4.78 is 5.04. The van der Waals surface area contributed by atoms with Crippen LogP contribution in [0, 0.1) is 12.8 Å². The lowest BCUT2D eigenvalue weighted by molar-refractivity contribution is -0.149. The van der Waals surface area contributed by atoms with Crippen molar-refractivity contribution in [2.75, 3.05) is 26.0 Å². The van der Waals surface area contributed by atoms with E-state index in [1.54, 1.807) is 17.9 Å². The van der Waals surface area contributed by atoms with Crippen molar-refractivity contribution in [1.82, 2.24) is 14.9 Å². The first-order valence-electron chi connectivity index (χ1n) is 7.40. The van der Waals surface area contributed by atoms with E-state index >= 15 is 0 Å². The highest BCUT2D eigenvalue weighted by molar-refractivity contribution is 7.98. The van der Waals surface area contributed by atoms with Crippen LogP contribution in [0.25, 0.3) is 0 Å². The first-order chi connectivity index (χ1) is 10.5. The van der Waals surface area contributed by atoms with Gasteiger partial charge >= 0.3 is 5.97 Å². The number of piperidine rings is 1. The zero-order valence-corrected chi connectivity index (χ0v) is 14.0. The molecule has 0 saturated carbocycles. The highest BCUT2D eigenvalue weighted by atomic mass is 32.2. The molecule has 0 aliphatic carbocycles. The highest BCUT2D eigenvalue weighted by Gasteiger charge is 2.29. The van der Waals surface area contributed by atoms with Crippen LogP contribution < -0.4 is 0 Å². The lowest BCUT2D eigenvalue weighted by Gasteiger charge is -2.30. The van der Waals surface area contributed by atoms with Gasteiger partial charge in [-0.1, -0.05) is 11.8 Å². The van der Waals surface area contributed by atoms with Crippen LogP contribution in [0.15, 0.2) is 11.2 Å². The van der Waals surface area contributed by atoms with E-state index in [2.05, 4.69) is 9.97 Å². The molecule has 2 rings (SSSR count). The van der Waals surface area contributed by atoms with Crippen molar-refractivity contribution in [1.29, 1.82) is 0 Å². The minimum absolute atomic E-state index is 0.0943. The van der Waals surface area contributed by atoms with Crippen molar-refractivity contribution in [2.24, 2.45) is 5.92 Å². The molecule has 1 fully saturated rings. The Morgan fingerprint density at radius 2 is 2.05 bits per heavy atom. The van der Waals surface area contributed by atoms with Crippen molar-refractivity contribution in [2.45, 2.75) is 31.8 Å². The molecule has 1 aromatic rings. The monoisotopic (exact) mass is 323 g/mol. The first kappa shape index (κ1) is 16.7. The summed E-state index contributed by atoms with van der Waals surface area (Å²) in [5, 5.41) is 0.602. The predicted octanol–water partition coefficient (Wildman–Crippen LogP) is 1.92. The molecule has 7 heteroatoms. The van der Waals surface area contributed by atoms with E-state index in [0.717, 1.165) is 5.69 Å². The molecule has 2 heterocycles. The fourth-order valence-electron chi connectivity index (χ4n) is 2.48. The van der Waals surface area contributed by atoms with Gasteiger partial charge < -0.3 is 9.64 Å². The number of hydrogen-bond donors (Lipinski definition) is 0. The summed E-state index contributed by atoms with van der Waals surface area (Å²) in [6.07, 6.45) is 3.17. The quantitative estimate of drug-likeness (QED) is 0.479. The average molecular weight is 323 g/mol. The zero-order chi connectivity index (χ0) is 16.1. The Labute approximate surface area is 134 Å². The van der Waals surface area contributed by atoms with E-state index in [0.29, 0.717) is 43.4 Å². The summed E-state index contributed by atoms with van der Waals surface area (Å²) in [6.45, 7) is 5.16. The maximum Gasteiger partial charge on any atom is 0.309 e. The number of likely N-dealkylation sites (tertiary alicyclic amines) is 1. The number of hydrogen-bond acceptors (Lipinski definition) is 6. The van der Waals surface area contributed by atoms with Crippen LogP contribution in [0.3, 0.4) is 0 Å². The Bertz CT molecular complexity index is 557. The fourth-order valence-corrected chi connectivity index (χ4v) is 2.91. The van der Waals surface area contributed by atoms with E-state index < -0.39 is 0 Å². The minimum atomic E-state index is -0.155. The molecule has 0 radical (unpaired) electrons. The fraction of sp³-hybridized carbons (Fsp3) is 0.600. The van der Waals surface area contributed by atoms with Crippen LogP contribution in [0.2, 0.25) is 0 Å².